The molecule has 10 heteroatoms. The SMILES string of the molecule is O=C(O[C@@H]1[C@H](OC(=O)c2ccccc2)[C@@H](OC(=O)c2ccccc2)[C@](O)(Br)O[C@@H]1COCc1ccccc1)c1ccccc1. The molecule has 0 aliphatic carbocycles. The molecule has 4 aromatic carbocycles. The van der Waals surface area contributed by atoms with E-state index >= 15 is 0 Å². The third-order valence-corrected chi connectivity index (χ3v) is 7.44. The summed E-state index contributed by atoms with van der Waals surface area (Å²) in [5.41, 5.74) is 1.46. The van der Waals surface area contributed by atoms with Gasteiger partial charge in [-0.15, -0.1) is 0 Å². The van der Waals surface area contributed by atoms with E-state index < -0.39 is 47.0 Å². The van der Waals surface area contributed by atoms with Gasteiger partial charge < -0.3 is 28.8 Å². The van der Waals surface area contributed by atoms with Crippen molar-refractivity contribution >= 4 is 33.8 Å². The van der Waals surface area contributed by atoms with Crippen molar-refractivity contribution < 1.29 is 43.2 Å². The maximum atomic E-state index is 13.4. The molecule has 1 N–H and O–H groups in total. The van der Waals surface area contributed by atoms with E-state index in [-0.39, 0.29) is 29.9 Å². The summed E-state index contributed by atoms with van der Waals surface area (Å²) >= 11 is 3.13. The number of rotatable bonds is 10. The number of halogens is 1. The molecule has 226 valence electrons. The molecule has 5 atom stereocenters. The minimum Gasteiger partial charge on any atom is -0.452 e. The Morgan fingerprint density at radius 3 is 1.52 bits per heavy atom. The third kappa shape index (κ3) is 7.78. The molecule has 0 radical (unpaired) electrons. The van der Waals surface area contributed by atoms with E-state index in [2.05, 4.69) is 15.9 Å². The Labute approximate surface area is 262 Å². The molecular formula is C34H29BrO9. The van der Waals surface area contributed by atoms with Crippen molar-refractivity contribution in [2.24, 2.45) is 0 Å². The lowest BCUT2D eigenvalue weighted by Crippen LogP contribution is -2.66. The van der Waals surface area contributed by atoms with Crippen molar-refractivity contribution in [1.82, 2.24) is 0 Å². The second-order valence-corrected chi connectivity index (χ2v) is 11.1. The first-order valence-electron chi connectivity index (χ1n) is 13.8. The summed E-state index contributed by atoms with van der Waals surface area (Å²) < 4.78 is 27.0. The van der Waals surface area contributed by atoms with E-state index in [1.54, 1.807) is 78.9 Å². The van der Waals surface area contributed by atoms with Crippen LogP contribution in [0.5, 0.6) is 0 Å². The number of carbonyl (C=O) groups excluding carboxylic acids is 3. The predicted molar refractivity (Wildman–Crippen MR) is 162 cm³/mol. The molecule has 0 saturated carbocycles. The smallest absolute Gasteiger partial charge is 0.338 e. The number of aliphatic hydroxyl groups is 1. The molecule has 0 aromatic heterocycles. The van der Waals surface area contributed by atoms with E-state index in [0.29, 0.717) is 0 Å². The monoisotopic (exact) mass is 660 g/mol. The topological polar surface area (TPSA) is 118 Å². The van der Waals surface area contributed by atoms with Gasteiger partial charge in [0.15, 0.2) is 12.2 Å². The fourth-order valence-electron chi connectivity index (χ4n) is 4.63. The number of ether oxygens (including phenoxy) is 5. The number of alkyl halides is 1. The summed E-state index contributed by atoms with van der Waals surface area (Å²) in [7, 11) is 0. The highest BCUT2D eigenvalue weighted by Crippen LogP contribution is 2.39. The minimum atomic E-state index is -2.37. The zero-order chi connectivity index (χ0) is 30.9. The van der Waals surface area contributed by atoms with Gasteiger partial charge in [-0.25, -0.2) is 14.4 Å². The van der Waals surface area contributed by atoms with Gasteiger partial charge in [0, 0.05) is 0 Å². The second-order valence-electron chi connectivity index (χ2n) is 9.93. The van der Waals surface area contributed by atoms with E-state index in [0.717, 1.165) is 5.56 Å². The van der Waals surface area contributed by atoms with Crippen molar-refractivity contribution in [3.8, 4) is 0 Å². The van der Waals surface area contributed by atoms with Crippen molar-refractivity contribution in [1.29, 1.82) is 0 Å². The Balaban J connectivity index is 1.49. The van der Waals surface area contributed by atoms with Crippen molar-refractivity contribution in [3.05, 3.63) is 144 Å². The summed E-state index contributed by atoms with van der Waals surface area (Å²) in [5.74, 6) is -2.38. The molecule has 1 aliphatic heterocycles. The van der Waals surface area contributed by atoms with Crippen LogP contribution in [0.15, 0.2) is 121 Å². The molecular weight excluding hydrogens is 632 g/mol. The first-order chi connectivity index (χ1) is 21.3. The molecule has 1 saturated heterocycles. The molecule has 1 aliphatic rings. The van der Waals surface area contributed by atoms with E-state index in [4.69, 9.17) is 23.7 Å². The fraction of sp³-hybridized carbons (Fsp3) is 0.206. The van der Waals surface area contributed by atoms with Crippen LogP contribution in [0.4, 0.5) is 0 Å². The highest BCUT2D eigenvalue weighted by molar-refractivity contribution is 9.10. The average molecular weight is 662 g/mol. The molecule has 0 unspecified atom stereocenters. The van der Waals surface area contributed by atoms with Crippen LogP contribution in [-0.2, 0) is 30.3 Å². The number of carbonyl (C=O) groups is 3. The van der Waals surface area contributed by atoms with Crippen molar-refractivity contribution in [2.75, 3.05) is 6.61 Å². The van der Waals surface area contributed by atoms with E-state index in [1.165, 1.54) is 12.1 Å². The lowest BCUT2D eigenvalue weighted by atomic mass is 9.97. The van der Waals surface area contributed by atoms with Gasteiger partial charge in [0.2, 0.25) is 6.10 Å². The van der Waals surface area contributed by atoms with Gasteiger partial charge in [-0.2, -0.15) is 0 Å². The molecule has 0 bridgehead atoms. The normalized spacial score (nSPS) is 22.9. The van der Waals surface area contributed by atoms with Crippen molar-refractivity contribution in [3.63, 3.8) is 0 Å². The molecule has 4 aromatic rings. The molecule has 44 heavy (non-hydrogen) atoms. The fourth-order valence-corrected chi connectivity index (χ4v) is 5.22. The lowest BCUT2D eigenvalue weighted by molar-refractivity contribution is -0.301. The Hall–Kier alpha value is -4.35. The van der Waals surface area contributed by atoms with Gasteiger partial charge in [-0.05, 0) is 57.9 Å². The first kappa shape index (κ1) is 31.1. The molecule has 0 spiro atoms. The van der Waals surface area contributed by atoms with Gasteiger partial charge in [0.1, 0.15) is 6.10 Å². The Kier molecular flexibility index (Phi) is 10.2. The Bertz CT molecular complexity index is 1530. The predicted octanol–water partition coefficient (Wildman–Crippen LogP) is 5.32. The molecule has 9 nitrogen and oxygen atoms in total. The van der Waals surface area contributed by atoms with E-state index in [9.17, 15) is 19.5 Å². The van der Waals surface area contributed by atoms with Crippen LogP contribution in [0, 0.1) is 0 Å². The molecule has 0 amide bonds. The largest absolute Gasteiger partial charge is 0.452 e. The lowest BCUT2D eigenvalue weighted by Gasteiger charge is -2.46. The van der Waals surface area contributed by atoms with E-state index in [1.807, 2.05) is 30.3 Å². The van der Waals surface area contributed by atoms with Gasteiger partial charge >= 0.3 is 17.9 Å². The van der Waals surface area contributed by atoms with Gasteiger partial charge in [0.05, 0.1) is 29.9 Å². The maximum absolute atomic E-state index is 13.4. The van der Waals surface area contributed by atoms with Crippen molar-refractivity contribution in [2.45, 2.75) is 35.7 Å². The summed E-state index contributed by atoms with van der Waals surface area (Å²) in [6.07, 6.45) is -5.76. The number of hydrogen-bond acceptors (Lipinski definition) is 9. The number of benzene rings is 4. The Morgan fingerprint density at radius 2 is 1.05 bits per heavy atom. The van der Waals surface area contributed by atoms with Crippen LogP contribution in [-0.4, -0.2) is 58.7 Å². The Morgan fingerprint density at radius 1 is 0.636 bits per heavy atom. The highest BCUT2D eigenvalue weighted by atomic mass is 79.9. The highest BCUT2D eigenvalue weighted by Gasteiger charge is 2.59. The minimum absolute atomic E-state index is 0.176. The first-order valence-corrected chi connectivity index (χ1v) is 14.6. The summed E-state index contributed by atoms with van der Waals surface area (Å²) in [6.45, 7) is -0.00403. The standard InChI is InChI=1S/C34H29BrO9/c35-34(39)30(43-33(38)26-19-11-4-12-20-26)29(42-32(37)25-17-9-3-10-18-25)28(41-31(36)24-15-7-2-8-16-24)27(44-34)22-40-21-23-13-5-1-6-14-23/h1-20,27-30,39H,21-22H2/t27-,28+,29+,30-,34-/m1/s1. The summed E-state index contributed by atoms with van der Waals surface area (Å²) in [5, 5.41) is 11.5. The number of hydrogen-bond donors (Lipinski definition) is 1. The second kappa shape index (κ2) is 14.4. The van der Waals surface area contributed by atoms with Gasteiger partial charge in [-0.1, -0.05) is 84.9 Å². The average Bonchev–Trinajstić information content (AvgIpc) is 3.05. The van der Waals surface area contributed by atoms with Gasteiger partial charge in [-0.3, -0.25) is 0 Å². The van der Waals surface area contributed by atoms with Crippen LogP contribution >= 0.6 is 15.9 Å². The third-order valence-electron chi connectivity index (χ3n) is 6.80. The van der Waals surface area contributed by atoms with Crippen LogP contribution in [0.2, 0.25) is 0 Å². The summed E-state index contributed by atoms with van der Waals surface area (Å²) in [4.78, 5) is 39.9. The molecule has 5 rings (SSSR count). The molecule has 1 heterocycles. The number of esters is 3. The van der Waals surface area contributed by atoms with Crippen LogP contribution in [0.25, 0.3) is 0 Å². The molecule has 1 fully saturated rings. The quantitative estimate of drug-likeness (QED) is 0.137. The summed E-state index contributed by atoms with van der Waals surface area (Å²) in [6, 6.07) is 33.7. The zero-order valence-corrected chi connectivity index (χ0v) is 24.9. The van der Waals surface area contributed by atoms with Crippen LogP contribution < -0.4 is 0 Å². The zero-order valence-electron chi connectivity index (χ0n) is 23.4. The van der Waals surface area contributed by atoms with Crippen LogP contribution in [0.3, 0.4) is 0 Å². The van der Waals surface area contributed by atoms with Crippen LogP contribution in [0.1, 0.15) is 36.6 Å². The maximum Gasteiger partial charge on any atom is 0.338 e. The van der Waals surface area contributed by atoms with Gasteiger partial charge in [0.25, 0.3) is 4.70 Å².